The molecule has 4 nitrogen and oxygen atoms in total. The Morgan fingerprint density at radius 1 is 1.69 bits per heavy atom. The number of hydrogen-bond acceptors (Lipinski definition) is 5. The first-order valence-corrected chi connectivity index (χ1v) is 5.62. The molecule has 1 aliphatic rings. The highest BCUT2D eigenvalue weighted by atomic mass is 32.2. The first-order valence-electron chi connectivity index (χ1n) is 4.40. The van der Waals surface area contributed by atoms with E-state index in [2.05, 4.69) is 17.5 Å². The molecule has 0 aliphatic carbocycles. The van der Waals surface area contributed by atoms with E-state index in [0.29, 0.717) is 0 Å². The summed E-state index contributed by atoms with van der Waals surface area (Å²) in [6, 6.07) is 0. The minimum atomic E-state index is 0.792. The summed E-state index contributed by atoms with van der Waals surface area (Å²) in [6.45, 7) is 2.17. The Kier molecular flexibility index (Phi) is 4.11. The van der Waals surface area contributed by atoms with Gasteiger partial charge in [-0.05, 0) is 19.1 Å². The number of allylic oxidation sites excluding steroid dienone is 1. The molecule has 0 saturated carbocycles. The van der Waals surface area contributed by atoms with Crippen LogP contribution in [0.15, 0.2) is 17.0 Å². The van der Waals surface area contributed by atoms with Gasteiger partial charge in [0.05, 0.1) is 5.70 Å². The lowest BCUT2D eigenvalue weighted by molar-refractivity contribution is 0.552. The van der Waals surface area contributed by atoms with Gasteiger partial charge in [-0.15, -0.1) is 5.10 Å². The summed E-state index contributed by atoms with van der Waals surface area (Å²) in [7, 11) is 0. The van der Waals surface area contributed by atoms with E-state index in [-0.39, 0.29) is 0 Å². The highest BCUT2D eigenvalue weighted by Crippen LogP contribution is 2.11. The number of nitrogens with two attached hydrogens (primary N) is 1. The Bertz CT molecular complexity index is 224. The SMILES string of the molecule is CCCCC1=CN(N)C(SC)=NN1. The number of thioether (sulfide) groups is 1. The van der Waals surface area contributed by atoms with Crippen molar-refractivity contribution in [3.63, 3.8) is 0 Å². The van der Waals surface area contributed by atoms with Gasteiger partial charge < -0.3 is 0 Å². The predicted octanol–water partition coefficient (Wildman–Crippen LogP) is 1.43. The van der Waals surface area contributed by atoms with Crippen LogP contribution in [0.5, 0.6) is 0 Å². The van der Waals surface area contributed by atoms with Crippen molar-refractivity contribution in [2.45, 2.75) is 26.2 Å². The van der Waals surface area contributed by atoms with E-state index in [1.54, 1.807) is 5.01 Å². The molecule has 5 heteroatoms. The summed E-state index contributed by atoms with van der Waals surface area (Å²) < 4.78 is 0. The van der Waals surface area contributed by atoms with Gasteiger partial charge in [0.2, 0.25) is 5.17 Å². The molecule has 0 aromatic rings. The fraction of sp³-hybridized carbons (Fsp3) is 0.625. The summed E-state index contributed by atoms with van der Waals surface area (Å²) in [5, 5.41) is 6.48. The van der Waals surface area contributed by atoms with Crippen molar-refractivity contribution in [1.82, 2.24) is 10.4 Å². The van der Waals surface area contributed by atoms with Crippen molar-refractivity contribution in [3.8, 4) is 0 Å². The van der Waals surface area contributed by atoms with Gasteiger partial charge >= 0.3 is 0 Å². The van der Waals surface area contributed by atoms with Gasteiger partial charge in [0.15, 0.2) is 0 Å². The third-order valence-corrected chi connectivity index (χ3v) is 2.46. The summed E-state index contributed by atoms with van der Waals surface area (Å²) in [6.07, 6.45) is 7.20. The third-order valence-electron chi connectivity index (χ3n) is 1.79. The molecule has 0 bridgehead atoms. The van der Waals surface area contributed by atoms with Crippen LogP contribution in [0.3, 0.4) is 0 Å². The maximum absolute atomic E-state index is 5.72. The van der Waals surface area contributed by atoms with Gasteiger partial charge in [-0.25, -0.2) is 5.84 Å². The number of amidine groups is 1. The summed E-state index contributed by atoms with van der Waals surface area (Å²) >= 11 is 1.52. The lowest BCUT2D eigenvalue weighted by Gasteiger charge is -2.21. The molecule has 13 heavy (non-hydrogen) atoms. The number of nitrogens with one attached hydrogen (secondary N) is 1. The Balaban J connectivity index is 2.46. The second-order valence-corrected chi connectivity index (χ2v) is 3.65. The summed E-state index contributed by atoms with van der Waals surface area (Å²) in [5.74, 6) is 5.72. The van der Waals surface area contributed by atoms with E-state index < -0.39 is 0 Å². The van der Waals surface area contributed by atoms with Crippen LogP contribution >= 0.6 is 11.8 Å². The molecule has 74 valence electrons. The Morgan fingerprint density at radius 3 is 3.00 bits per heavy atom. The molecule has 1 aliphatic heterocycles. The van der Waals surface area contributed by atoms with Gasteiger partial charge in [0.25, 0.3) is 0 Å². The number of hydrazone groups is 1. The van der Waals surface area contributed by atoms with E-state index >= 15 is 0 Å². The van der Waals surface area contributed by atoms with E-state index in [4.69, 9.17) is 5.84 Å². The van der Waals surface area contributed by atoms with Crippen molar-refractivity contribution >= 4 is 16.9 Å². The van der Waals surface area contributed by atoms with E-state index in [1.807, 2.05) is 12.5 Å². The molecule has 0 aromatic carbocycles. The average molecular weight is 200 g/mol. The maximum Gasteiger partial charge on any atom is 0.201 e. The standard InChI is InChI=1S/C8H16N4S/c1-3-4-5-7-6-12(9)8(13-2)11-10-7/h6,10H,3-5,9H2,1-2H3. The van der Waals surface area contributed by atoms with Crippen LogP contribution in [0.4, 0.5) is 0 Å². The molecular weight excluding hydrogens is 184 g/mol. The zero-order chi connectivity index (χ0) is 9.68. The molecule has 1 rings (SSSR count). The number of unbranched alkanes of at least 4 members (excludes halogenated alkanes) is 1. The molecule has 0 atom stereocenters. The van der Waals surface area contributed by atoms with Crippen LogP contribution in [0.25, 0.3) is 0 Å². The second-order valence-electron chi connectivity index (χ2n) is 2.88. The third kappa shape index (κ3) is 2.93. The molecule has 0 radical (unpaired) electrons. The van der Waals surface area contributed by atoms with E-state index in [9.17, 15) is 0 Å². The lowest BCUT2D eigenvalue weighted by atomic mass is 10.2. The van der Waals surface area contributed by atoms with Crippen molar-refractivity contribution in [3.05, 3.63) is 11.9 Å². The number of hydrazine groups is 1. The van der Waals surface area contributed by atoms with Crippen molar-refractivity contribution in [2.75, 3.05) is 6.26 Å². The summed E-state index contributed by atoms with van der Waals surface area (Å²) in [5.41, 5.74) is 4.08. The first-order chi connectivity index (χ1) is 6.27. The quantitative estimate of drug-likeness (QED) is 0.677. The molecule has 0 fully saturated rings. The van der Waals surface area contributed by atoms with Gasteiger partial charge in [-0.2, -0.15) is 0 Å². The highest BCUT2D eigenvalue weighted by Gasteiger charge is 2.10. The van der Waals surface area contributed by atoms with Crippen molar-refractivity contribution < 1.29 is 0 Å². The molecule has 0 saturated heterocycles. The largest absolute Gasteiger partial charge is 0.278 e. The Labute approximate surface area is 83.2 Å². The zero-order valence-electron chi connectivity index (χ0n) is 8.08. The van der Waals surface area contributed by atoms with Crippen molar-refractivity contribution in [1.29, 1.82) is 0 Å². The minimum absolute atomic E-state index is 0.792. The number of rotatable bonds is 3. The summed E-state index contributed by atoms with van der Waals surface area (Å²) in [4.78, 5) is 0. The lowest BCUT2D eigenvalue weighted by Crippen LogP contribution is -2.36. The molecule has 0 amide bonds. The van der Waals surface area contributed by atoms with Gasteiger partial charge in [-0.3, -0.25) is 10.4 Å². The normalized spacial score (nSPS) is 16.4. The topological polar surface area (TPSA) is 53.6 Å². The fourth-order valence-electron chi connectivity index (χ4n) is 1.07. The monoisotopic (exact) mass is 200 g/mol. The zero-order valence-corrected chi connectivity index (χ0v) is 8.90. The molecule has 3 N–H and O–H groups in total. The smallest absolute Gasteiger partial charge is 0.201 e. The molecular formula is C8H16N4S. The van der Waals surface area contributed by atoms with E-state index in [0.717, 1.165) is 23.7 Å². The molecule has 0 unspecified atom stereocenters. The van der Waals surface area contributed by atoms with Gasteiger partial charge in [-0.1, -0.05) is 25.1 Å². The minimum Gasteiger partial charge on any atom is -0.278 e. The first kappa shape index (κ1) is 10.4. The average Bonchev–Trinajstić information content (AvgIpc) is 2.15. The van der Waals surface area contributed by atoms with Crippen molar-refractivity contribution in [2.24, 2.45) is 10.9 Å². The van der Waals surface area contributed by atoms with Crippen LogP contribution in [0, 0.1) is 0 Å². The van der Waals surface area contributed by atoms with Crippen LogP contribution < -0.4 is 11.3 Å². The predicted molar refractivity (Wildman–Crippen MR) is 57.7 cm³/mol. The van der Waals surface area contributed by atoms with Crippen LogP contribution in [-0.4, -0.2) is 16.4 Å². The number of hydrogen-bond donors (Lipinski definition) is 2. The molecule has 0 aromatic heterocycles. The van der Waals surface area contributed by atoms with E-state index in [1.165, 1.54) is 18.2 Å². The fourth-order valence-corrected chi connectivity index (χ4v) is 1.47. The van der Waals surface area contributed by atoms with Crippen LogP contribution in [0.2, 0.25) is 0 Å². The maximum atomic E-state index is 5.72. The second kappa shape index (κ2) is 5.14. The van der Waals surface area contributed by atoms with Crippen LogP contribution in [0.1, 0.15) is 26.2 Å². The Morgan fingerprint density at radius 2 is 2.46 bits per heavy atom. The van der Waals surface area contributed by atoms with Gasteiger partial charge in [0, 0.05) is 6.20 Å². The molecule has 0 spiro atoms. The number of nitrogens with zero attached hydrogens (tertiary/aromatic N) is 2. The Hall–Kier alpha value is -0.680. The molecule has 1 heterocycles. The van der Waals surface area contributed by atoms with Gasteiger partial charge in [0.1, 0.15) is 0 Å². The highest BCUT2D eigenvalue weighted by molar-refractivity contribution is 8.13. The van der Waals surface area contributed by atoms with Crippen LogP contribution in [-0.2, 0) is 0 Å².